The van der Waals surface area contributed by atoms with Gasteiger partial charge in [-0.2, -0.15) is 10.1 Å². The third-order valence-electron chi connectivity index (χ3n) is 6.20. The van der Waals surface area contributed by atoms with Crippen LogP contribution in [-0.4, -0.2) is 29.0 Å². The van der Waals surface area contributed by atoms with E-state index in [1.807, 2.05) is 53.2 Å². The summed E-state index contributed by atoms with van der Waals surface area (Å²) in [7, 11) is 3.27. The number of methoxy groups -OCH3 is 2. The van der Waals surface area contributed by atoms with E-state index < -0.39 is 0 Å². The average molecular weight is 517 g/mol. The van der Waals surface area contributed by atoms with Gasteiger partial charge in [0, 0.05) is 15.6 Å². The van der Waals surface area contributed by atoms with Crippen molar-refractivity contribution in [2.75, 3.05) is 19.5 Å². The summed E-state index contributed by atoms with van der Waals surface area (Å²) in [6.45, 7) is 0. The summed E-state index contributed by atoms with van der Waals surface area (Å²) in [5.41, 5.74) is 5.03. The summed E-state index contributed by atoms with van der Waals surface area (Å²) < 4.78 is 20.6. The van der Waals surface area contributed by atoms with Crippen LogP contribution in [0.3, 0.4) is 0 Å². The molecule has 0 fully saturated rings. The first-order valence-corrected chi connectivity index (χ1v) is 11.6. The van der Waals surface area contributed by atoms with Gasteiger partial charge in [-0.05, 0) is 47.5 Å². The first-order valence-electron chi connectivity index (χ1n) is 10.8. The third kappa shape index (κ3) is 3.25. The summed E-state index contributed by atoms with van der Waals surface area (Å²) in [6, 6.07) is 21.9. The molecule has 3 heterocycles. The Labute approximate surface area is 205 Å². The highest BCUT2D eigenvalue weighted by Crippen LogP contribution is 2.51. The highest BCUT2D eigenvalue weighted by Gasteiger charge is 2.41. The fraction of sp³-hybridized carbons (Fsp3) is 0.154. The number of anilines is 1. The number of benzene rings is 3. The highest BCUT2D eigenvalue weighted by atomic mass is 79.9. The minimum atomic E-state index is -0.342. The predicted molar refractivity (Wildman–Crippen MR) is 132 cm³/mol. The van der Waals surface area contributed by atoms with E-state index in [9.17, 15) is 0 Å². The van der Waals surface area contributed by atoms with Crippen molar-refractivity contribution in [2.45, 2.75) is 12.1 Å². The van der Waals surface area contributed by atoms with Crippen LogP contribution in [0.2, 0.25) is 0 Å². The van der Waals surface area contributed by atoms with Gasteiger partial charge in [-0.1, -0.05) is 46.3 Å². The summed E-state index contributed by atoms with van der Waals surface area (Å²) in [5, 5.41) is 8.10. The van der Waals surface area contributed by atoms with Gasteiger partial charge in [-0.25, -0.2) is 4.68 Å². The monoisotopic (exact) mass is 516 g/mol. The largest absolute Gasteiger partial charge is 0.493 e. The van der Waals surface area contributed by atoms with Gasteiger partial charge in [-0.3, -0.25) is 0 Å². The molecule has 8 heteroatoms. The molecule has 0 unspecified atom stereocenters. The molecular weight excluding hydrogens is 496 g/mol. The molecule has 0 saturated heterocycles. The zero-order valence-electron chi connectivity index (χ0n) is 18.5. The van der Waals surface area contributed by atoms with Crippen LogP contribution >= 0.6 is 15.9 Å². The van der Waals surface area contributed by atoms with Crippen LogP contribution in [0.1, 0.15) is 28.8 Å². The molecule has 4 aromatic rings. The van der Waals surface area contributed by atoms with E-state index >= 15 is 0 Å². The van der Waals surface area contributed by atoms with Crippen molar-refractivity contribution in [1.82, 2.24) is 14.8 Å². The van der Waals surface area contributed by atoms with E-state index in [-0.39, 0.29) is 12.1 Å². The Balaban J connectivity index is 1.62. The number of rotatable bonds is 4. The van der Waals surface area contributed by atoms with E-state index in [1.165, 1.54) is 0 Å². The van der Waals surface area contributed by atoms with Gasteiger partial charge in [0.2, 0.25) is 5.95 Å². The lowest BCUT2D eigenvalue weighted by Crippen LogP contribution is -2.32. The van der Waals surface area contributed by atoms with Gasteiger partial charge >= 0.3 is 0 Å². The molecular formula is C26H21BrN4O3. The van der Waals surface area contributed by atoms with Crippen molar-refractivity contribution in [3.05, 3.63) is 99.8 Å². The van der Waals surface area contributed by atoms with E-state index in [1.54, 1.807) is 20.5 Å². The fourth-order valence-corrected chi connectivity index (χ4v) is 5.12. The Kier molecular flexibility index (Phi) is 5.03. The quantitative estimate of drug-likeness (QED) is 0.379. The maximum atomic E-state index is 6.65. The molecule has 3 aromatic carbocycles. The number of hydrogen-bond acceptors (Lipinski definition) is 6. The molecule has 7 nitrogen and oxygen atoms in total. The fourth-order valence-electron chi connectivity index (χ4n) is 4.71. The van der Waals surface area contributed by atoms with Crippen LogP contribution < -0.4 is 19.5 Å². The molecule has 34 heavy (non-hydrogen) atoms. The molecule has 0 saturated carbocycles. The van der Waals surface area contributed by atoms with E-state index in [0.29, 0.717) is 17.4 Å². The second kappa shape index (κ2) is 8.22. The smallest absolute Gasteiger partial charge is 0.226 e. The Hall–Kier alpha value is -3.78. The highest BCUT2D eigenvalue weighted by molar-refractivity contribution is 9.10. The zero-order valence-corrected chi connectivity index (χ0v) is 20.1. The lowest BCUT2D eigenvalue weighted by Gasteiger charge is -2.39. The number of fused-ring (bicyclic) bond motifs is 3. The first-order chi connectivity index (χ1) is 16.7. The van der Waals surface area contributed by atoms with Crippen LogP contribution in [0.4, 0.5) is 5.95 Å². The van der Waals surface area contributed by atoms with Gasteiger partial charge in [0.05, 0.1) is 19.9 Å². The Morgan fingerprint density at radius 1 is 0.941 bits per heavy atom. The molecule has 0 spiro atoms. The van der Waals surface area contributed by atoms with Crippen molar-refractivity contribution in [1.29, 1.82) is 0 Å². The molecule has 2 aliphatic rings. The zero-order chi connectivity index (χ0) is 23.2. The number of nitrogens with zero attached hydrogens (tertiary/aromatic N) is 3. The minimum absolute atomic E-state index is 0.272. The SMILES string of the molecule is COc1ccc([C@@H]2C3=C(Nc4ncnn42)c2ccccc2O[C@@H]3c2cccc(Br)c2)cc1OC. The molecule has 1 N–H and O–H groups in total. The lowest BCUT2D eigenvalue weighted by atomic mass is 9.84. The summed E-state index contributed by atoms with van der Waals surface area (Å²) in [5.74, 6) is 2.81. The predicted octanol–water partition coefficient (Wildman–Crippen LogP) is 5.62. The van der Waals surface area contributed by atoms with Crippen LogP contribution in [-0.2, 0) is 0 Å². The van der Waals surface area contributed by atoms with Crippen molar-refractivity contribution < 1.29 is 14.2 Å². The van der Waals surface area contributed by atoms with Crippen molar-refractivity contribution >= 4 is 27.6 Å². The molecule has 0 amide bonds. The molecule has 170 valence electrons. The van der Waals surface area contributed by atoms with Gasteiger partial charge < -0.3 is 19.5 Å². The number of aromatic nitrogens is 3. The van der Waals surface area contributed by atoms with Crippen LogP contribution in [0.5, 0.6) is 17.2 Å². The number of nitrogens with one attached hydrogen (secondary N) is 1. The third-order valence-corrected chi connectivity index (χ3v) is 6.69. The molecule has 0 bridgehead atoms. The van der Waals surface area contributed by atoms with Gasteiger partial charge in [0.15, 0.2) is 11.5 Å². The number of ether oxygens (including phenoxy) is 3. The minimum Gasteiger partial charge on any atom is -0.493 e. The molecule has 1 aromatic heterocycles. The summed E-state index contributed by atoms with van der Waals surface area (Å²) in [6.07, 6.45) is 1.22. The first kappa shape index (κ1) is 20.8. The maximum Gasteiger partial charge on any atom is 0.226 e. The molecule has 2 aliphatic heterocycles. The molecule has 6 rings (SSSR count). The molecule has 0 aliphatic carbocycles. The van der Waals surface area contributed by atoms with Crippen LogP contribution in [0.25, 0.3) is 5.70 Å². The van der Waals surface area contributed by atoms with Crippen molar-refractivity contribution in [3.63, 3.8) is 0 Å². The second-order valence-electron chi connectivity index (χ2n) is 8.05. The Bertz CT molecular complexity index is 1430. The Morgan fingerprint density at radius 2 is 1.79 bits per heavy atom. The lowest BCUT2D eigenvalue weighted by molar-refractivity contribution is 0.223. The standard InChI is InChI=1S/C26H21BrN4O3/c1-32-20-11-10-15(13-21(20)33-2)24-22-23(30-26-28-14-29-31(24)26)18-8-3-4-9-19(18)34-25(22)16-6-5-7-17(27)12-16/h3-14,24-25H,1-2H3,(H,28,29,30)/t24-,25-/m1/s1. The van der Waals surface area contributed by atoms with Gasteiger partial charge in [0.1, 0.15) is 24.2 Å². The van der Waals surface area contributed by atoms with E-state index in [4.69, 9.17) is 14.2 Å². The summed E-state index contributed by atoms with van der Waals surface area (Å²) >= 11 is 3.62. The van der Waals surface area contributed by atoms with Gasteiger partial charge in [-0.15, -0.1) is 0 Å². The normalized spacial score (nSPS) is 18.2. The second-order valence-corrected chi connectivity index (χ2v) is 8.97. The van der Waals surface area contributed by atoms with Crippen LogP contribution in [0, 0.1) is 0 Å². The summed E-state index contributed by atoms with van der Waals surface area (Å²) in [4.78, 5) is 4.49. The average Bonchev–Trinajstić information content (AvgIpc) is 3.35. The number of hydrogen-bond donors (Lipinski definition) is 1. The molecule has 2 atom stereocenters. The van der Waals surface area contributed by atoms with E-state index in [0.717, 1.165) is 38.2 Å². The number of para-hydroxylation sites is 1. The van der Waals surface area contributed by atoms with Crippen molar-refractivity contribution in [3.8, 4) is 17.2 Å². The van der Waals surface area contributed by atoms with Crippen LogP contribution in [0.15, 0.2) is 83.1 Å². The maximum absolute atomic E-state index is 6.65. The Morgan fingerprint density at radius 3 is 2.62 bits per heavy atom. The van der Waals surface area contributed by atoms with E-state index in [2.05, 4.69) is 49.5 Å². The number of halogens is 1. The van der Waals surface area contributed by atoms with Crippen molar-refractivity contribution in [2.24, 2.45) is 0 Å². The molecule has 0 radical (unpaired) electrons. The van der Waals surface area contributed by atoms with Gasteiger partial charge in [0.25, 0.3) is 0 Å². The topological polar surface area (TPSA) is 70.4 Å².